The molecule has 3 aliphatic carbocycles. The molecule has 2 unspecified atom stereocenters. The lowest BCUT2D eigenvalue weighted by atomic mass is 9.72. The van der Waals surface area contributed by atoms with Crippen LogP contribution in [-0.2, 0) is 5.41 Å². The highest BCUT2D eigenvalue weighted by Crippen LogP contribution is 2.72. The summed E-state index contributed by atoms with van der Waals surface area (Å²) in [7, 11) is 0. The van der Waals surface area contributed by atoms with Crippen molar-refractivity contribution in [3.05, 3.63) is 95.9 Å². The predicted molar refractivity (Wildman–Crippen MR) is 166 cm³/mol. The fourth-order valence-corrected chi connectivity index (χ4v) is 8.99. The monoisotopic (exact) mass is 568 g/mol. The molecule has 6 heteroatoms. The third kappa shape index (κ3) is 3.49. The van der Waals surface area contributed by atoms with Crippen LogP contribution in [0.3, 0.4) is 0 Å². The number of halogens is 1. The molecule has 3 heterocycles. The van der Waals surface area contributed by atoms with Gasteiger partial charge in [-0.1, -0.05) is 67.6 Å². The highest BCUT2D eigenvalue weighted by Gasteiger charge is 2.65. The number of pyridine rings is 1. The number of fused-ring (bicyclic) bond motifs is 4. The summed E-state index contributed by atoms with van der Waals surface area (Å²) < 4.78 is 6.11. The molecule has 2 bridgehead atoms. The Morgan fingerprint density at radius 3 is 2.14 bits per heavy atom. The van der Waals surface area contributed by atoms with Crippen molar-refractivity contribution in [3.63, 3.8) is 0 Å². The zero-order valence-electron chi connectivity index (χ0n) is 23.3. The number of hydrogen-bond donors (Lipinski definition) is 0. The Morgan fingerprint density at radius 2 is 1.40 bits per heavy atom. The Balaban J connectivity index is 1.02. The molecule has 0 spiro atoms. The standard InChI is InChI=1S/C36H29ClN4O/c1-35-20-36(18-25(35)15-16-26(35)19-36)24-13-11-22(12-14-24)21-7-9-23(10-8-21)31-39-32(41-34(37)40-31)29-5-2-4-27-28-6-3-17-38-33(28)42-30(27)29/h2-14,17,25-26H,15-16,18-20H2,1H3/t25-,26+,35?,36?. The minimum Gasteiger partial charge on any atom is -0.437 e. The molecule has 5 nitrogen and oxygen atoms in total. The van der Waals surface area contributed by atoms with Gasteiger partial charge in [0.15, 0.2) is 11.6 Å². The fraction of sp³-hybridized carbons (Fsp3) is 0.278. The average Bonchev–Trinajstić information content (AvgIpc) is 3.67. The van der Waals surface area contributed by atoms with E-state index in [4.69, 9.17) is 21.0 Å². The van der Waals surface area contributed by atoms with Crippen LogP contribution in [0.5, 0.6) is 0 Å². The maximum Gasteiger partial charge on any atom is 0.227 e. The van der Waals surface area contributed by atoms with E-state index in [2.05, 4.69) is 70.4 Å². The Morgan fingerprint density at radius 1 is 0.738 bits per heavy atom. The second-order valence-corrected chi connectivity index (χ2v) is 13.2. The molecule has 3 aliphatic rings. The van der Waals surface area contributed by atoms with E-state index < -0.39 is 0 Å². The Bertz CT molecular complexity index is 2000. The van der Waals surface area contributed by atoms with Crippen molar-refractivity contribution in [2.75, 3.05) is 0 Å². The molecule has 6 aromatic rings. The first-order chi connectivity index (χ1) is 20.5. The smallest absolute Gasteiger partial charge is 0.227 e. The van der Waals surface area contributed by atoms with E-state index in [1.165, 1.54) is 43.2 Å². The highest BCUT2D eigenvalue weighted by molar-refractivity contribution is 6.28. The van der Waals surface area contributed by atoms with E-state index in [1.54, 1.807) is 11.8 Å². The van der Waals surface area contributed by atoms with Gasteiger partial charge in [0.25, 0.3) is 0 Å². The predicted octanol–water partition coefficient (Wildman–Crippen LogP) is 9.29. The maximum atomic E-state index is 6.43. The maximum absolute atomic E-state index is 6.43. The van der Waals surface area contributed by atoms with Crippen molar-refractivity contribution in [2.24, 2.45) is 17.3 Å². The highest BCUT2D eigenvalue weighted by atomic mass is 35.5. The number of nitrogens with zero attached hydrogens (tertiary/aromatic N) is 4. The van der Waals surface area contributed by atoms with E-state index in [0.717, 1.165) is 33.7 Å². The second kappa shape index (κ2) is 8.71. The summed E-state index contributed by atoms with van der Waals surface area (Å²) in [6, 6.07) is 27.6. The minimum absolute atomic E-state index is 0.142. The van der Waals surface area contributed by atoms with Gasteiger partial charge in [-0.15, -0.1) is 0 Å². The van der Waals surface area contributed by atoms with Gasteiger partial charge in [-0.25, -0.2) is 9.97 Å². The minimum atomic E-state index is 0.142. The molecule has 3 fully saturated rings. The van der Waals surface area contributed by atoms with Crippen LogP contribution in [0, 0.1) is 17.3 Å². The van der Waals surface area contributed by atoms with Crippen LogP contribution < -0.4 is 0 Å². The SMILES string of the molecule is CC12CC3(c4ccc(-c5ccc(-c6nc(Cl)nc(-c7cccc8c7oc7ncccc78)n6)cc5)cc4)C[C@H]1CC[C@H]2C3. The van der Waals surface area contributed by atoms with Crippen molar-refractivity contribution < 1.29 is 4.42 Å². The van der Waals surface area contributed by atoms with Crippen LogP contribution in [-0.4, -0.2) is 19.9 Å². The van der Waals surface area contributed by atoms with Crippen LogP contribution in [0.15, 0.2) is 89.5 Å². The number of furan rings is 1. The molecule has 0 N–H and O–H groups in total. The summed E-state index contributed by atoms with van der Waals surface area (Å²) in [5, 5.41) is 2.06. The van der Waals surface area contributed by atoms with Gasteiger partial charge in [-0.3, -0.25) is 0 Å². The Kier molecular flexibility index (Phi) is 5.08. The normalized spacial score (nSPS) is 26.0. The van der Waals surface area contributed by atoms with E-state index in [-0.39, 0.29) is 5.28 Å². The summed E-state index contributed by atoms with van der Waals surface area (Å²) in [6.07, 6.45) is 8.74. The van der Waals surface area contributed by atoms with Crippen LogP contribution in [0.2, 0.25) is 5.28 Å². The summed E-state index contributed by atoms with van der Waals surface area (Å²) in [4.78, 5) is 18.1. The van der Waals surface area contributed by atoms with Crippen molar-refractivity contribution in [1.29, 1.82) is 0 Å². The number of hydrogen-bond acceptors (Lipinski definition) is 5. The molecular weight excluding hydrogens is 540 g/mol. The van der Waals surface area contributed by atoms with Crippen molar-refractivity contribution in [1.82, 2.24) is 19.9 Å². The second-order valence-electron chi connectivity index (χ2n) is 12.9. The quantitative estimate of drug-likeness (QED) is 0.212. The molecule has 0 saturated heterocycles. The first-order valence-corrected chi connectivity index (χ1v) is 15.3. The van der Waals surface area contributed by atoms with Crippen LogP contribution in [0.4, 0.5) is 0 Å². The van der Waals surface area contributed by atoms with Gasteiger partial charge in [0.05, 0.1) is 5.56 Å². The zero-order chi connectivity index (χ0) is 28.1. The molecule has 0 radical (unpaired) electrons. The third-order valence-electron chi connectivity index (χ3n) is 10.8. The number of aromatic nitrogens is 4. The summed E-state index contributed by atoms with van der Waals surface area (Å²) in [6.45, 7) is 2.57. The molecule has 42 heavy (non-hydrogen) atoms. The summed E-state index contributed by atoms with van der Waals surface area (Å²) in [5.74, 6) is 2.85. The van der Waals surface area contributed by atoms with Gasteiger partial charge >= 0.3 is 0 Å². The van der Waals surface area contributed by atoms with Gasteiger partial charge in [0.1, 0.15) is 5.58 Å². The Hall–Kier alpha value is -4.09. The lowest BCUT2D eigenvalue weighted by Crippen LogP contribution is -2.26. The molecule has 4 atom stereocenters. The first-order valence-electron chi connectivity index (χ1n) is 14.9. The third-order valence-corrected chi connectivity index (χ3v) is 11.0. The van der Waals surface area contributed by atoms with Crippen LogP contribution in [0.1, 0.15) is 44.6 Å². The van der Waals surface area contributed by atoms with Gasteiger partial charge in [-0.05, 0) is 101 Å². The summed E-state index contributed by atoms with van der Waals surface area (Å²) >= 11 is 6.43. The molecule has 0 amide bonds. The van der Waals surface area contributed by atoms with Crippen LogP contribution >= 0.6 is 11.6 Å². The molecule has 206 valence electrons. The lowest BCUT2D eigenvalue weighted by molar-refractivity contribution is 0.195. The number of para-hydroxylation sites is 1. The van der Waals surface area contributed by atoms with Crippen molar-refractivity contribution >= 4 is 33.7 Å². The molecule has 3 aromatic heterocycles. The Labute approximate surface area is 249 Å². The van der Waals surface area contributed by atoms with Crippen molar-refractivity contribution in [3.8, 4) is 33.9 Å². The molecule has 3 saturated carbocycles. The molecule has 9 rings (SSSR count). The van der Waals surface area contributed by atoms with E-state index in [1.807, 2.05) is 30.3 Å². The van der Waals surface area contributed by atoms with Gasteiger partial charge in [-0.2, -0.15) is 9.97 Å². The average molecular weight is 569 g/mol. The molecule has 3 aromatic carbocycles. The lowest BCUT2D eigenvalue weighted by Gasteiger charge is -2.33. The number of benzene rings is 3. The number of rotatable bonds is 4. The summed E-state index contributed by atoms with van der Waals surface area (Å²) in [5.41, 5.74) is 7.84. The van der Waals surface area contributed by atoms with Crippen molar-refractivity contribution in [2.45, 2.75) is 44.4 Å². The van der Waals surface area contributed by atoms with E-state index in [0.29, 0.717) is 33.8 Å². The van der Waals surface area contributed by atoms with Crippen LogP contribution in [0.25, 0.3) is 56.0 Å². The van der Waals surface area contributed by atoms with Gasteiger partial charge < -0.3 is 4.42 Å². The van der Waals surface area contributed by atoms with Gasteiger partial charge in [0, 0.05) is 22.5 Å². The van der Waals surface area contributed by atoms with E-state index in [9.17, 15) is 0 Å². The zero-order valence-corrected chi connectivity index (χ0v) is 24.1. The van der Waals surface area contributed by atoms with Gasteiger partial charge in [0.2, 0.25) is 11.0 Å². The molecule has 0 aliphatic heterocycles. The molecular formula is C36H29ClN4O. The first kappa shape index (κ1) is 24.5. The largest absolute Gasteiger partial charge is 0.437 e. The van der Waals surface area contributed by atoms with E-state index >= 15 is 0 Å². The topological polar surface area (TPSA) is 64.7 Å². The fourth-order valence-electron chi connectivity index (χ4n) is 8.83.